The van der Waals surface area contributed by atoms with E-state index in [0.717, 1.165) is 25.7 Å². The third kappa shape index (κ3) is 10.6. The summed E-state index contributed by atoms with van der Waals surface area (Å²) in [6.45, 7) is 7.45. The summed E-state index contributed by atoms with van der Waals surface area (Å²) in [5, 5.41) is 0. The van der Waals surface area contributed by atoms with E-state index < -0.39 is 19.1 Å². The molecule has 1 aliphatic rings. The third-order valence-electron chi connectivity index (χ3n) is 4.51. The Morgan fingerprint density at radius 1 is 1.12 bits per heavy atom. The van der Waals surface area contributed by atoms with E-state index in [1.54, 1.807) is 13.2 Å². The summed E-state index contributed by atoms with van der Waals surface area (Å²) in [6.07, 6.45) is 6.80. The summed E-state index contributed by atoms with van der Waals surface area (Å²) in [5.74, 6) is -2.45. The van der Waals surface area contributed by atoms with Crippen LogP contribution < -0.4 is 0 Å². The minimum Gasteiger partial charge on any atom is -0.381 e. The van der Waals surface area contributed by atoms with Crippen molar-refractivity contribution >= 4 is 0 Å². The van der Waals surface area contributed by atoms with Gasteiger partial charge in [-0.1, -0.05) is 19.9 Å². The molecule has 0 bridgehead atoms. The van der Waals surface area contributed by atoms with Gasteiger partial charge in [-0.05, 0) is 44.4 Å². The zero-order valence-corrected chi connectivity index (χ0v) is 16.6. The van der Waals surface area contributed by atoms with Crippen LogP contribution >= 0.6 is 0 Å². The Morgan fingerprint density at radius 2 is 1.85 bits per heavy atom. The van der Waals surface area contributed by atoms with Crippen LogP contribution in [0.1, 0.15) is 52.4 Å². The number of halogens is 2. The van der Waals surface area contributed by atoms with Crippen molar-refractivity contribution in [3.63, 3.8) is 0 Å². The summed E-state index contributed by atoms with van der Waals surface area (Å²) in [4.78, 5) is 0. The van der Waals surface area contributed by atoms with Gasteiger partial charge >= 0.3 is 0 Å². The van der Waals surface area contributed by atoms with Gasteiger partial charge in [-0.15, -0.1) is 6.58 Å². The molecular formula is C20H36F2O4. The maximum absolute atomic E-state index is 13.9. The Kier molecular flexibility index (Phi) is 11.5. The normalized spacial score (nSPS) is 21.6. The molecular weight excluding hydrogens is 342 g/mol. The molecule has 154 valence electrons. The number of hydrogen-bond acceptors (Lipinski definition) is 4. The predicted molar refractivity (Wildman–Crippen MR) is 98.8 cm³/mol. The highest BCUT2D eigenvalue weighted by atomic mass is 19.3. The van der Waals surface area contributed by atoms with Gasteiger partial charge in [-0.3, -0.25) is 0 Å². The number of methoxy groups -OCH3 is 1. The second-order valence-corrected chi connectivity index (χ2v) is 7.51. The average Bonchev–Trinajstić information content (AvgIpc) is 2.54. The van der Waals surface area contributed by atoms with Crippen molar-refractivity contribution in [2.24, 2.45) is 5.92 Å². The van der Waals surface area contributed by atoms with E-state index in [2.05, 4.69) is 20.4 Å². The van der Waals surface area contributed by atoms with Gasteiger partial charge in [0.05, 0.1) is 18.3 Å². The van der Waals surface area contributed by atoms with Gasteiger partial charge in [-0.2, -0.15) is 0 Å². The first-order valence-electron chi connectivity index (χ1n) is 9.68. The van der Waals surface area contributed by atoms with Crippen LogP contribution in [0.3, 0.4) is 0 Å². The predicted octanol–water partition coefficient (Wildman–Crippen LogP) is 4.62. The molecule has 0 aromatic rings. The second kappa shape index (κ2) is 12.8. The van der Waals surface area contributed by atoms with Crippen molar-refractivity contribution in [3.8, 4) is 0 Å². The van der Waals surface area contributed by atoms with Crippen LogP contribution in [0.15, 0.2) is 12.7 Å². The first kappa shape index (κ1) is 23.5. The van der Waals surface area contributed by atoms with Gasteiger partial charge in [0.1, 0.15) is 13.2 Å². The minimum atomic E-state index is -2.97. The van der Waals surface area contributed by atoms with Crippen LogP contribution in [-0.2, 0) is 18.9 Å². The lowest BCUT2D eigenvalue weighted by molar-refractivity contribution is -0.140. The molecule has 0 aromatic carbocycles. The third-order valence-corrected chi connectivity index (χ3v) is 4.51. The molecule has 1 atom stereocenters. The molecule has 1 rings (SSSR count). The molecule has 0 N–H and O–H groups in total. The fourth-order valence-corrected chi connectivity index (χ4v) is 2.73. The molecule has 1 saturated carbocycles. The van der Waals surface area contributed by atoms with Crippen LogP contribution in [-0.4, -0.2) is 57.8 Å². The van der Waals surface area contributed by atoms with Crippen molar-refractivity contribution in [1.82, 2.24) is 0 Å². The first-order chi connectivity index (χ1) is 12.4. The van der Waals surface area contributed by atoms with Crippen LogP contribution in [0.4, 0.5) is 8.78 Å². The van der Waals surface area contributed by atoms with E-state index in [0.29, 0.717) is 31.5 Å². The number of ether oxygens (including phenoxy) is 4. The molecule has 0 amide bonds. The van der Waals surface area contributed by atoms with Crippen LogP contribution in [0.5, 0.6) is 0 Å². The van der Waals surface area contributed by atoms with Crippen molar-refractivity contribution in [3.05, 3.63) is 12.7 Å². The quantitative estimate of drug-likeness (QED) is 0.290. The lowest BCUT2D eigenvalue weighted by atomic mass is 9.92. The molecule has 0 heterocycles. The Bertz CT molecular complexity index is 371. The molecule has 0 spiro atoms. The van der Waals surface area contributed by atoms with Gasteiger partial charge in [-0.25, -0.2) is 8.78 Å². The number of alkyl halides is 2. The van der Waals surface area contributed by atoms with E-state index >= 15 is 0 Å². The van der Waals surface area contributed by atoms with Crippen molar-refractivity contribution in [1.29, 1.82) is 0 Å². The van der Waals surface area contributed by atoms with Crippen molar-refractivity contribution < 1.29 is 27.7 Å². The zero-order valence-electron chi connectivity index (χ0n) is 16.6. The summed E-state index contributed by atoms with van der Waals surface area (Å²) >= 11 is 0. The van der Waals surface area contributed by atoms with E-state index in [9.17, 15) is 8.78 Å². The van der Waals surface area contributed by atoms with E-state index in [1.807, 2.05) is 0 Å². The molecule has 1 fully saturated rings. The van der Waals surface area contributed by atoms with Crippen molar-refractivity contribution in [2.45, 2.75) is 76.6 Å². The Hall–Kier alpha value is -0.560. The van der Waals surface area contributed by atoms with Gasteiger partial charge < -0.3 is 18.9 Å². The van der Waals surface area contributed by atoms with Gasteiger partial charge in [0.15, 0.2) is 0 Å². The summed E-state index contributed by atoms with van der Waals surface area (Å²) < 4.78 is 49.1. The van der Waals surface area contributed by atoms with Crippen LogP contribution in [0.2, 0.25) is 0 Å². The maximum atomic E-state index is 13.9. The highest BCUT2D eigenvalue weighted by Gasteiger charge is 2.31. The van der Waals surface area contributed by atoms with Gasteiger partial charge in [0.2, 0.25) is 0 Å². The highest BCUT2D eigenvalue weighted by molar-refractivity contribution is 4.80. The monoisotopic (exact) mass is 378 g/mol. The SMILES string of the molecule is C=CCC(CCC(C)C)OCC(F)(F)COCCCOC1CC(OC)C1. The minimum absolute atomic E-state index is 0.201. The molecule has 0 saturated heterocycles. The zero-order chi connectivity index (χ0) is 19.4. The lowest BCUT2D eigenvalue weighted by Gasteiger charge is -2.33. The average molecular weight is 379 g/mol. The number of rotatable bonds is 16. The van der Waals surface area contributed by atoms with Crippen LogP contribution in [0, 0.1) is 5.92 Å². The Balaban J connectivity index is 2.07. The fraction of sp³-hybridized carbons (Fsp3) is 0.900. The molecule has 1 aliphatic carbocycles. The fourth-order valence-electron chi connectivity index (χ4n) is 2.73. The standard InChI is InChI=1S/C20H36F2O4/c1-5-7-17(9-8-16(2)3)26-15-20(21,22)14-24-10-6-11-25-19-12-18(13-19)23-4/h5,16-19H,1,6-15H2,2-4H3. The Morgan fingerprint density at radius 3 is 2.46 bits per heavy atom. The number of hydrogen-bond donors (Lipinski definition) is 0. The molecule has 4 nitrogen and oxygen atoms in total. The summed E-state index contributed by atoms with van der Waals surface area (Å²) in [5.41, 5.74) is 0. The smallest absolute Gasteiger partial charge is 0.293 e. The molecule has 0 aliphatic heterocycles. The van der Waals surface area contributed by atoms with E-state index in [4.69, 9.17) is 18.9 Å². The van der Waals surface area contributed by atoms with Gasteiger partial charge in [0, 0.05) is 20.3 Å². The summed E-state index contributed by atoms with van der Waals surface area (Å²) in [7, 11) is 1.70. The largest absolute Gasteiger partial charge is 0.381 e. The van der Waals surface area contributed by atoms with Crippen molar-refractivity contribution in [2.75, 3.05) is 33.5 Å². The lowest BCUT2D eigenvalue weighted by Crippen LogP contribution is -2.37. The maximum Gasteiger partial charge on any atom is 0.293 e. The molecule has 0 aromatic heterocycles. The molecule has 6 heteroatoms. The Labute approximate surface area is 157 Å². The first-order valence-corrected chi connectivity index (χ1v) is 9.68. The topological polar surface area (TPSA) is 36.9 Å². The van der Waals surface area contributed by atoms with Crippen LogP contribution in [0.25, 0.3) is 0 Å². The highest BCUT2D eigenvalue weighted by Crippen LogP contribution is 2.25. The summed E-state index contributed by atoms with van der Waals surface area (Å²) in [6, 6.07) is 0. The molecule has 1 unspecified atom stereocenters. The second-order valence-electron chi connectivity index (χ2n) is 7.51. The van der Waals surface area contributed by atoms with Gasteiger partial charge in [0.25, 0.3) is 5.92 Å². The molecule has 0 radical (unpaired) electrons. The van der Waals surface area contributed by atoms with E-state index in [1.165, 1.54) is 0 Å². The molecule has 26 heavy (non-hydrogen) atoms. The van der Waals surface area contributed by atoms with E-state index in [-0.39, 0.29) is 18.8 Å².